The van der Waals surface area contributed by atoms with Crippen LogP contribution in [-0.2, 0) is 14.4 Å². The number of ether oxygens (including phenoxy) is 1. The average Bonchev–Trinajstić information content (AvgIpc) is 3.46. The Morgan fingerprint density at radius 1 is 0.967 bits per heavy atom. The fraction of sp³-hybridized carbons (Fsp3) is 0.522. The first kappa shape index (κ1) is 19.2. The summed E-state index contributed by atoms with van der Waals surface area (Å²) in [5.41, 5.74) is 1.12. The number of benzene rings is 1. The zero-order valence-corrected chi connectivity index (χ0v) is 17.2. The molecule has 3 fully saturated rings. The van der Waals surface area contributed by atoms with Crippen molar-refractivity contribution in [3.8, 4) is 5.75 Å². The number of piperazine rings is 1. The number of rotatable bonds is 5. The zero-order valence-electron chi connectivity index (χ0n) is 17.2. The summed E-state index contributed by atoms with van der Waals surface area (Å²) in [6.07, 6.45) is 5.32. The van der Waals surface area contributed by atoms with E-state index in [2.05, 4.69) is 17.1 Å². The van der Waals surface area contributed by atoms with Gasteiger partial charge >= 0.3 is 0 Å². The maximum absolute atomic E-state index is 12.8. The van der Waals surface area contributed by atoms with E-state index in [4.69, 9.17) is 4.74 Å². The van der Waals surface area contributed by atoms with Crippen molar-refractivity contribution in [2.24, 2.45) is 23.7 Å². The van der Waals surface area contributed by atoms with E-state index in [1.54, 1.807) is 7.11 Å². The molecule has 1 saturated carbocycles. The van der Waals surface area contributed by atoms with E-state index >= 15 is 0 Å². The Kier molecular flexibility index (Phi) is 4.76. The fourth-order valence-electron chi connectivity index (χ4n) is 5.56. The van der Waals surface area contributed by atoms with E-state index in [1.807, 2.05) is 29.2 Å². The second kappa shape index (κ2) is 7.45. The molecular weight excluding hydrogens is 382 g/mol. The molecule has 1 aromatic carbocycles. The Bertz CT molecular complexity index is 858. The molecule has 0 aromatic heterocycles. The SMILES string of the molecule is COc1ccc(N2CCN(C(=O)CCN3C(=O)[C@@H]4[C@@H](C3=O)[C@H]3C=C[C@H]4C3)CC2)cc1. The topological polar surface area (TPSA) is 70.2 Å². The number of allylic oxidation sites excluding steroid dienone is 2. The van der Waals surface area contributed by atoms with Gasteiger partial charge in [-0.3, -0.25) is 19.3 Å². The maximum atomic E-state index is 12.8. The van der Waals surface area contributed by atoms with Crippen LogP contribution in [0.1, 0.15) is 12.8 Å². The molecule has 7 heteroatoms. The Labute approximate surface area is 176 Å². The van der Waals surface area contributed by atoms with Crippen LogP contribution in [0.4, 0.5) is 5.69 Å². The van der Waals surface area contributed by atoms with E-state index in [1.165, 1.54) is 4.90 Å². The Morgan fingerprint density at radius 2 is 1.57 bits per heavy atom. The summed E-state index contributed by atoms with van der Waals surface area (Å²) in [5.74, 6) is 0.755. The van der Waals surface area contributed by atoms with Crippen LogP contribution in [0, 0.1) is 23.7 Å². The molecule has 158 valence electrons. The standard InChI is InChI=1S/C23H27N3O4/c1-30-18-6-4-17(5-7-18)24-10-12-25(13-11-24)19(27)8-9-26-22(28)20-15-2-3-16(14-15)21(20)23(26)29/h2-7,15-16,20-21H,8-14H2,1H3/t15-,16-,20-,21-/m0/s1. The van der Waals surface area contributed by atoms with Gasteiger partial charge in [-0.2, -0.15) is 0 Å². The van der Waals surface area contributed by atoms with Crippen molar-refractivity contribution in [1.82, 2.24) is 9.80 Å². The third kappa shape index (κ3) is 3.07. The van der Waals surface area contributed by atoms with E-state index in [0.717, 1.165) is 30.9 Å². The minimum absolute atomic E-state index is 0.0168. The van der Waals surface area contributed by atoms with Crippen LogP contribution in [0.2, 0.25) is 0 Å². The molecule has 2 saturated heterocycles. The Hall–Kier alpha value is -2.83. The Balaban J connectivity index is 1.13. The molecule has 0 unspecified atom stereocenters. The normalized spacial score (nSPS) is 29.7. The average molecular weight is 409 g/mol. The summed E-state index contributed by atoms with van der Waals surface area (Å²) in [6, 6.07) is 7.93. The molecular formula is C23H27N3O4. The van der Waals surface area contributed by atoms with Crippen molar-refractivity contribution in [3.63, 3.8) is 0 Å². The van der Waals surface area contributed by atoms with Crippen LogP contribution < -0.4 is 9.64 Å². The predicted molar refractivity (Wildman–Crippen MR) is 111 cm³/mol. The monoisotopic (exact) mass is 409 g/mol. The van der Waals surface area contributed by atoms with Gasteiger partial charge in [0.15, 0.2) is 0 Å². The third-order valence-electron chi connectivity index (χ3n) is 7.18. The molecule has 2 bridgehead atoms. The van der Waals surface area contributed by atoms with Crippen molar-refractivity contribution >= 4 is 23.4 Å². The fourth-order valence-corrected chi connectivity index (χ4v) is 5.56. The number of likely N-dealkylation sites (tertiary alicyclic amines) is 1. The van der Waals surface area contributed by atoms with Crippen LogP contribution in [0.25, 0.3) is 0 Å². The van der Waals surface area contributed by atoms with Gasteiger partial charge in [0, 0.05) is 44.8 Å². The molecule has 4 atom stereocenters. The number of nitrogens with zero attached hydrogens (tertiary/aromatic N) is 3. The summed E-state index contributed by atoms with van der Waals surface area (Å²) in [7, 11) is 1.65. The van der Waals surface area contributed by atoms with Crippen LogP contribution in [0.5, 0.6) is 5.75 Å². The minimum Gasteiger partial charge on any atom is -0.497 e. The largest absolute Gasteiger partial charge is 0.497 e. The van der Waals surface area contributed by atoms with Gasteiger partial charge < -0.3 is 14.5 Å². The molecule has 0 N–H and O–H groups in total. The van der Waals surface area contributed by atoms with E-state index in [9.17, 15) is 14.4 Å². The summed E-state index contributed by atoms with van der Waals surface area (Å²) in [6.45, 7) is 3.03. The molecule has 5 rings (SSSR count). The molecule has 4 aliphatic rings. The second-order valence-electron chi connectivity index (χ2n) is 8.64. The lowest BCUT2D eigenvalue weighted by molar-refractivity contribution is -0.141. The van der Waals surface area contributed by atoms with Gasteiger partial charge in [-0.05, 0) is 42.5 Å². The highest BCUT2D eigenvalue weighted by molar-refractivity contribution is 6.06. The first-order valence-electron chi connectivity index (χ1n) is 10.8. The maximum Gasteiger partial charge on any atom is 0.233 e. The summed E-state index contributed by atoms with van der Waals surface area (Å²) in [4.78, 5) is 43.7. The van der Waals surface area contributed by atoms with Crippen molar-refractivity contribution < 1.29 is 19.1 Å². The number of amides is 3. The zero-order chi connectivity index (χ0) is 20.8. The highest BCUT2D eigenvalue weighted by Gasteiger charge is 2.59. The van der Waals surface area contributed by atoms with Gasteiger partial charge in [-0.15, -0.1) is 0 Å². The van der Waals surface area contributed by atoms with Crippen LogP contribution >= 0.6 is 0 Å². The number of fused-ring (bicyclic) bond motifs is 5. The van der Waals surface area contributed by atoms with Crippen molar-refractivity contribution in [2.75, 3.05) is 44.7 Å². The number of hydrogen-bond acceptors (Lipinski definition) is 5. The number of carbonyl (C=O) groups is 3. The molecule has 2 aliphatic heterocycles. The highest BCUT2D eigenvalue weighted by atomic mass is 16.5. The van der Waals surface area contributed by atoms with Crippen molar-refractivity contribution in [2.45, 2.75) is 12.8 Å². The summed E-state index contributed by atoms with van der Waals surface area (Å²) >= 11 is 0. The van der Waals surface area contributed by atoms with Gasteiger partial charge in [0.2, 0.25) is 17.7 Å². The number of imide groups is 1. The van der Waals surface area contributed by atoms with Gasteiger partial charge in [0.25, 0.3) is 0 Å². The molecule has 7 nitrogen and oxygen atoms in total. The van der Waals surface area contributed by atoms with Gasteiger partial charge in [-0.1, -0.05) is 12.2 Å². The molecule has 2 aliphatic carbocycles. The van der Waals surface area contributed by atoms with Gasteiger partial charge in [0.05, 0.1) is 18.9 Å². The van der Waals surface area contributed by atoms with E-state index in [-0.39, 0.29) is 54.4 Å². The predicted octanol–water partition coefficient (Wildman–Crippen LogP) is 1.54. The smallest absolute Gasteiger partial charge is 0.233 e. The summed E-state index contributed by atoms with van der Waals surface area (Å²) in [5, 5.41) is 0. The lowest BCUT2D eigenvalue weighted by atomic mass is 9.85. The third-order valence-corrected chi connectivity index (χ3v) is 7.18. The van der Waals surface area contributed by atoms with Crippen molar-refractivity contribution in [1.29, 1.82) is 0 Å². The first-order valence-corrected chi connectivity index (χ1v) is 10.8. The lowest BCUT2D eigenvalue weighted by Crippen LogP contribution is -2.49. The number of anilines is 1. The number of methoxy groups -OCH3 is 1. The van der Waals surface area contributed by atoms with E-state index in [0.29, 0.717) is 13.1 Å². The van der Waals surface area contributed by atoms with Crippen molar-refractivity contribution in [3.05, 3.63) is 36.4 Å². The highest BCUT2D eigenvalue weighted by Crippen LogP contribution is 2.52. The minimum atomic E-state index is -0.185. The Morgan fingerprint density at radius 3 is 2.13 bits per heavy atom. The first-order chi connectivity index (χ1) is 14.6. The molecule has 3 amide bonds. The molecule has 1 aromatic rings. The van der Waals surface area contributed by atoms with E-state index < -0.39 is 0 Å². The molecule has 2 heterocycles. The van der Waals surface area contributed by atoms with Crippen LogP contribution in [-0.4, -0.2) is 67.4 Å². The van der Waals surface area contributed by atoms with Gasteiger partial charge in [-0.25, -0.2) is 0 Å². The summed E-state index contributed by atoms with van der Waals surface area (Å²) < 4.78 is 5.20. The van der Waals surface area contributed by atoms with Crippen LogP contribution in [0.15, 0.2) is 36.4 Å². The lowest BCUT2D eigenvalue weighted by Gasteiger charge is -2.36. The second-order valence-corrected chi connectivity index (χ2v) is 8.64. The van der Waals surface area contributed by atoms with Gasteiger partial charge in [0.1, 0.15) is 5.75 Å². The molecule has 0 radical (unpaired) electrons. The number of hydrogen-bond donors (Lipinski definition) is 0. The van der Waals surface area contributed by atoms with Crippen LogP contribution in [0.3, 0.4) is 0 Å². The molecule has 30 heavy (non-hydrogen) atoms. The number of carbonyl (C=O) groups excluding carboxylic acids is 3. The quantitative estimate of drug-likeness (QED) is 0.545. The molecule has 0 spiro atoms.